The Labute approximate surface area is 268 Å². The van der Waals surface area contributed by atoms with Crippen molar-refractivity contribution in [2.75, 3.05) is 18.8 Å². The molecule has 240 valence electrons. The van der Waals surface area contributed by atoms with E-state index in [1.165, 1.54) is 17.1 Å². The van der Waals surface area contributed by atoms with Gasteiger partial charge in [-0.1, -0.05) is 18.2 Å². The summed E-state index contributed by atoms with van der Waals surface area (Å²) >= 11 is 0. The van der Waals surface area contributed by atoms with E-state index >= 15 is 4.39 Å². The Bertz CT molecular complexity index is 2110. The average molecular weight is 636 g/mol. The second-order valence-electron chi connectivity index (χ2n) is 12.7. The molecule has 0 spiro atoms. The molecule has 4 aromatic heterocycles. The van der Waals surface area contributed by atoms with Crippen molar-refractivity contribution in [1.29, 1.82) is 0 Å². The van der Waals surface area contributed by atoms with Crippen molar-refractivity contribution in [1.82, 2.24) is 33.8 Å². The molecule has 12 nitrogen and oxygen atoms in total. The Hall–Kier alpha value is -5.33. The molecular formula is C34H34FN9O3. The molecule has 3 aliphatic rings. The number of halogens is 1. The molecule has 13 heteroatoms. The number of primary amides is 1. The van der Waals surface area contributed by atoms with Crippen LogP contribution in [-0.2, 0) is 11.3 Å². The van der Waals surface area contributed by atoms with E-state index in [0.717, 1.165) is 31.4 Å². The summed E-state index contributed by atoms with van der Waals surface area (Å²) in [7, 11) is 0. The highest BCUT2D eigenvalue weighted by Gasteiger charge is 2.37. The van der Waals surface area contributed by atoms with Gasteiger partial charge in [0.05, 0.1) is 5.69 Å². The van der Waals surface area contributed by atoms with Gasteiger partial charge in [-0.3, -0.25) is 19.1 Å². The number of benzene rings is 1. The summed E-state index contributed by atoms with van der Waals surface area (Å²) < 4.78 is 21.2. The Morgan fingerprint density at radius 3 is 2.45 bits per heavy atom. The monoisotopic (exact) mass is 635 g/mol. The van der Waals surface area contributed by atoms with Crippen LogP contribution in [0, 0.1) is 11.7 Å². The van der Waals surface area contributed by atoms with Crippen molar-refractivity contribution in [3.8, 4) is 16.9 Å². The number of nitrogen functional groups attached to an aromatic ring is 1. The minimum absolute atomic E-state index is 0.109. The number of nitrogens with two attached hydrogens (primary N) is 2. The molecule has 0 bridgehead atoms. The second-order valence-corrected chi connectivity index (χ2v) is 12.7. The molecule has 4 N–H and O–H groups in total. The number of pyridine rings is 1. The summed E-state index contributed by atoms with van der Waals surface area (Å²) in [5.41, 5.74) is 14.9. The third-order valence-electron chi connectivity index (χ3n) is 9.93. The predicted octanol–water partition coefficient (Wildman–Crippen LogP) is 3.61. The summed E-state index contributed by atoms with van der Waals surface area (Å²) in [5.74, 6) is -0.563. The lowest BCUT2D eigenvalue weighted by molar-refractivity contribution is -0.133. The summed E-state index contributed by atoms with van der Waals surface area (Å²) in [6, 6.07) is 12.2. The molecular weight excluding hydrogens is 601 g/mol. The highest BCUT2D eigenvalue weighted by atomic mass is 19.1. The van der Waals surface area contributed by atoms with Gasteiger partial charge in [-0.15, -0.1) is 0 Å². The highest BCUT2D eigenvalue weighted by Crippen LogP contribution is 2.41. The first-order chi connectivity index (χ1) is 22.8. The Kier molecular flexibility index (Phi) is 6.92. The van der Waals surface area contributed by atoms with Gasteiger partial charge in [-0.25, -0.2) is 18.9 Å². The molecule has 47 heavy (non-hydrogen) atoms. The van der Waals surface area contributed by atoms with E-state index in [0.29, 0.717) is 66.2 Å². The van der Waals surface area contributed by atoms with E-state index in [1.807, 2.05) is 17.0 Å². The van der Waals surface area contributed by atoms with Crippen molar-refractivity contribution in [3.63, 3.8) is 0 Å². The van der Waals surface area contributed by atoms with Crippen LogP contribution in [0.3, 0.4) is 0 Å². The number of piperidine rings is 1. The van der Waals surface area contributed by atoms with Crippen LogP contribution >= 0.6 is 0 Å². The van der Waals surface area contributed by atoms with Gasteiger partial charge in [-0.05, 0) is 68.4 Å². The molecule has 2 fully saturated rings. The molecule has 8 rings (SSSR count). The maximum absolute atomic E-state index is 16.3. The first-order valence-corrected chi connectivity index (χ1v) is 16.1. The number of fused-ring (bicyclic) bond motifs is 2. The third-order valence-corrected chi connectivity index (χ3v) is 9.93. The quantitative estimate of drug-likeness (QED) is 0.288. The maximum atomic E-state index is 16.3. The highest BCUT2D eigenvalue weighted by molar-refractivity contribution is 5.94. The number of hydrogen-bond donors (Lipinski definition) is 2. The Balaban J connectivity index is 1.17. The molecule has 1 saturated heterocycles. The predicted molar refractivity (Wildman–Crippen MR) is 171 cm³/mol. The van der Waals surface area contributed by atoms with Gasteiger partial charge in [0.25, 0.3) is 11.5 Å². The van der Waals surface area contributed by atoms with Crippen LogP contribution in [0.4, 0.5) is 10.2 Å². The van der Waals surface area contributed by atoms with E-state index < -0.39 is 23.2 Å². The second kappa shape index (κ2) is 11.2. The number of likely N-dealkylation sites (tertiary alicyclic amines) is 1. The summed E-state index contributed by atoms with van der Waals surface area (Å²) in [4.78, 5) is 49.3. The molecule has 1 saturated carbocycles. The van der Waals surface area contributed by atoms with E-state index in [-0.39, 0.29) is 29.1 Å². The van der Waals surface area contributed by atoms with Gasteiger partial charge in [0.1, 0.15) is 23.2 Å². The number of carbonyl (C=O) groups excluding carboxylic acids is 2. The zero-order valence-electron chi connectivity index (χ0n) is 25.7. The standard InChI is InChI=1S/C34H34FN9O3/c35-25-16-21(22-4-3-13-42-29(22)28(32(37)45)34(47)44(42)27-5-1-2-12-38-27)8-9-23(25)24-17-26(43-30(24)31(36)39-18-40-43)19-10-14-41(15-11-19)33(46)20-6-7-20/h1-2,5,8-9,12,16-20,22H,3-4,6-7,10-11,13-15H2,(H2,37,45)(H2,36,39,40). The fourth-order valence-electron chi connectivity index (χ4n) is 7.52. The summed E-state index contributed by atoms with van der Waals surface area (Å²) in [6.45, 7) is 1.83. The number of nitrogens with zero attached hydrogens (tertiary/aromatic N) is 7. The largest absolute Gasteiger partial charge is 0.382 e. The molecule has 1 aliphatic carbocycles. The maximum Gasteiger partial charge on any atom is 0.286 e. The first-order valence-electron chi connectivity index (χ1n) is 16.1. The van der Waals surface area contributed by atoms with Crippen LogP contribution in [0.5, 0.6) is 0 Å². The van der Waals surface area contributed by atoms with Crippen molar-refractivity contribution in [3.05, 3.63) is 93.7 Å². The Morgan fingerprint density at radius 1 is 0.936 bits per heavy atom. The fourth-order valence-corrected chi connectivity index (χ4v) is 7.52. The van der Waals surface area contributed by atoms with Gasteiger partial charge in [0.15, 0.2) is 11.6 Å². The van der Waals surface area contributed by atoms with Gasteiger partial charge < -0.3 is 16.4 Å². The SMILES string of the molecule is NC(=O)c1c2n(n(-c3ccccn3)c1=O)CCCC2c1ccc(-c2cc(C3CCN(C(=O)C4CC4)CC3)n3ncnc(N)c23)c(F)c1. The van der Waals surface area contributed by atoms with Gasteiger partial charge in [-0.2, -0.15) is 9.78 Å². The van der Waals surface area contributed by atoms with E-state index in [2.05, 4.69) is 15.1 Å². The number of hydrogen-bond acceptors (Lipinski definition) is 7. The third kappa shape index (κ3) is 4.79. The van der Waals surface area contributed by atoms with Crippen LogP contribution in [0.15, 0.2) is 59.8 Å². The van der Waals surface area contributed by atoms with Crippen molar-refractivity contribution in [2.45, 2.75) is 56.9 Å². The van der Waals surface area contributed by atoms with Crippen molar-refractivity contribution >= 4 is 23.1 Å². The van der Waals surface area contributed by atoms with E-state index in [1.54, 1.807) is 39.7 Å². The molecule has 1 atom stereocenters. The number of carbonyl (C=O) groups is 2. The topological polar surface area (TPSA) is 159 Å². The minimum atomic E-state index is -0.830. The molecule has 1 aromatic carbocycles. The van der Waals surface area contributed by atoms with Gasteiger partial charge in [0.2, 0.25) is 5.91 Å². The van der Waals surface area contributed by atoms with Crippen molar-refractivity contribution in [2.24, 2.45) is 11.7 Å². The van der Waals surface area contributed by atoms with Crippen LogP contribution < -0.4 is 17.0 Å². The number of anilines is 1. The van der Waals surface area contributed by atoms with Crippen LogP contribution in [0.25, 0.3) is 22.5 Å². The molecule has 1 unspecified atom stereocenters. The molecule has 6 heterocycles. The molecule has 2 aliphatic heterocycles. The fraction of sp³-hybridized carbons (Fsp3) is 0.353. The lowest BCUT2D eigenvalue weighted by Gasteiger charge is -2.32. The van der Waals surface area contributed by atoms with Crippen molar-refractivity contribution < 1.29 is 14.0 Å². The molecule has 5 aromatic rings. The zero-order chi connectivity index (χ0) is 32.4. The normalized spacial score (nSPS) is 18.4. The van der Waals surface area contributed by atoms with Gasteiger partial charge >= 0.3 is 0 Å². The lowest BCUT2D eigenvalue weighted by atomic mass is 9.86. The van der Waals surface area contributed by atoms with Gasteiger partial charge in [0, 0.05) is 60.4 Å². The molecule has 2 amide bonds. The minimum Gasteiger partial charge on any atom is -0.382 e. The smallest absolute Gasteiger partial charge is 0.286 e. The molecule has 0 radical (unpaired) electrons. The van der Waals surface area contributed by atoms with Crippen LogP contribution in [0.1, 0.15) is 77.7 Å². The number of rotatable bonds is 6. The number of amides is 2. The summed E-state index contributed by atoms with van der Waals surface area (Å²) in [5, 5.41) is 4.50. The van der Waals surface area contributed by atoms with E-state index in [4.69, 9.17) is 11.5 Å². The first kappa shape index (κ1) is 29.1. The lowest BCUT2D eigenvalue weighted by Crippen LogP contribution is -2.39. The van der Waals surface area contributed by atoms with Crippen LogP contribution in [0.2, 0.25) is 0 Å². The zero-order valence-corrected chi connectivity index (χ0v) is 25.7. The summed E-state index contributed by atoms with van der Waals surface area (Å²) in [6.07, 6.45) is 7.80. The average Bonchev–Trinajstić information content (AvgIpc) is 3.79. The Morgan fingerprint density at radius 2 is 1.74 bits per heavy atom. The van der Waals surface area contributed by atoms with Crippen LogP contribution in [-0.4, -0.2) is 58.7 Å². The number of aromatic nitrogens is 6. The van der Waals surface area contributed by atoms with E-state index in [9.17, 15) is 14.4 Å².